The van der Waals surface area contributed by atoms with E-state index in [0.717, 1.165) is 67.5 Å². The Hall–Kier alpha value is -1.80. The Kier molecular flexibility index (Phi) is 11.2. The van der Waals surface area contributed by atoms with Gasteiger partial charge < -0.3 is 20.1 Å². The number of fused-ring (bicyclic) bond motifs is 1. The zero-order chi connectivity index (χ0) is 32.4. The third-order valence-corrected chi connectivity index (χ3v) is 13.2. The number of aromatic nitrogens is 1. The molecule has 5 rings (SSSR count). The maximum atomic E-state index is 13.0. The number of unbranched alkanes of at least 4 members (excludes halogenated alkanes) is 1. The van der Waals surface area contributed by atoms with E-state index in [0.29, 0.717) is 30.6 Å². The first-order valence-corrected chi connectivity index (χ1v) is 18.6. The molecule has 0 aromatic carbocycles. The van der Waals surface area contributed by atoms with Crippen molar-refractivity contribution < 1.29 is 24.9 Å². The smallest absolute Gasteiger partial charge is 0.311 e. The lowest BCUT2D eigenvalue weighted by Gasteiger charge is -2.44. The molecule has 45 heavy (non-hydrogen) atoms. The van der Waals surface area contributed by atoms with Gasteiger partial charge in [0.25, 0.3) is 0 Å². The summed E-state index contributed by atoms with van der Waals surface area (Å²) in [6, 6.07) is 0. The van der Waals surface area contributed by atoms with Gasteiger partial charge in [-0.15, -0.1) is 11.3 Å². The highest BCUT2D eigenvalue weighted by molar-refractivity contribution is 7.11. The van der Waals surface area contributed by atoms with Gasteiger partial charge in [-0.2, -0.15) is 0 Å². The summed E-state index contributed by atoms with van der Waals surface area (Å²) < 4.78 is 6.26. The predicted octanol–water partition coefficient (Wildman–Crippen LogP) is 7.61. The number of esters is 1. The Morgan fingerprint density at radius 3 is 2.69 bits per heavy atom. The van der Waals surface area contributed by atoms with Crippen LogP contribution in [0, 0.1) is 29.1 Å². The van der Waals surface area contributed by atoms with Crippen molar-refractivity contribution in [3.8, 4) is 0 Å². The number of hydrogen-bond acceptors (Lipinski definition) is 7. The Balaban J connectivity index is 1.29. The molecule has 7 heteroatoms. The van der Waals surface area contributed by atoms with E-state index in [2.05, 4.69) is 39.5 Å². The first-order chi connectivity index (χ1) is 21.5. The maximum absolute atomic E-state index is 13.0. The first kappa shape index (κ1) is 34.5. The zero-order valence-corrected chi connectivity index (χ0v) is 28.9. The fourth-order valence-electron chi connectivity index (χ4n) is 8.89. The van der Waals surface area contributed by atoms with Gasteiger partial charge in [-0.05, 0) is 118 Å². The highest BCUT2D eigenvalue weighted by Gasteiger charge is 2.56. The molecule has 0 saturated heterocycles. The average molecular weight is 640 g/mol. The molecule has 8 atom stereocenters. The number of thiazole rings is 1. The molecule has 4 aliphatic carbocycles. The standard InChI is InChI=1S/C38H57NO5S/c1-6-7-10-30-22-39-36(45-30)38(18-19-38)34(44-35(43)25(3)23-40)16-11-24(2)31-14-15-32-27(9-8-17-37(31,32)5)12-13-28-20-29(41)21-33(42)26(28)4/h12-13,22,24-25,29,31-34,40-42H,4,6-11,14-21,23H2,1-3,5H3/t24-,25?,29-,31-,32+,33+,34-,37-/m1/s1. The van der Waals surface area contributed by atoms with Crippen LogP contribution in [0.3, 0.4) is 0 Å². The highest BCUT2D eigenvalue weighted by atomic mass is 32.1. The van der Waals surface area contributed by atoms with Crippen molar-refractivity contribution >= 4 is 17.3 Å². The van der Waals surface area contributed by atoms with Crippen molar-refractivity contribution in [1.29, 1.82) is 0 Å². The van der Waals surface area contributed by atoms with Gasteiger partial charge in [-0.3, -0.25) is 4.79 Å². The van der Waals surface area contributed by atoms with Crippen LogP contribution < -0.4 is 0 Å². The number of aliphatic hydroxyl groups excluding tert-OH is 3. The van der Waals surface area contributed by atoms with Crippen molar-refractivity contribution in [3.63, 3.8) is 0 Å². The summed E-state index contributed by atoms with van der Waals surface area (Å²) in [7, 11) is 0. The van der Waals surface area contributed by atoms with Crippen LogP contribution in [0.25, 0.3) is 0 Å². The monoisotopic (exact) mass is 639 g/mol. The van der Waals surface area contributed by atoms with E-state index >= 15 is 0 Å². The normalized spacial score (nSPS) is 33.2. The quantitative estimate of drug-likeness (QED) is 0.192. The molecule has 0 amide bonds. The summed E-state index contributed by atoms with van der Waals surface area (Å²) in [4.78, 5) is 19.2. The Morgan fingerprint density at radius 2 is 1.98 bits per heavy atom. The topological polar surface area (TPSA) is 99.9 Å². The molecule has 1 aromatic rings. The van der Waals surface area contributed by atoms with E-state index < -0.39 is 18.1 Å². The van der Waals surface area contributed by atoms with Gasteiger partial charge in [0.15, 0.2) is 0 Å². The minimum Gasteiger partial charge on any atom is -0.461 e. The number of nitrogens with zero attached hydrogens (tertiary/aromatic N) is 1. The Labute approximate surface area is 275 Å². The fourth-order valence-corrected chi connectivity index (χ4v) is 10.1. The largest absolute Gasteiger partial charge is 0.461 e. The summed E-state index contributed by atoms with van der Waals surface area (Å²) in [5.41, 5.74) is 3.30. The van der Waals surface area contributed by atoms with E-state index in [-0.39, 0.29) is 29.5 Å². The van der Waals surface area contributed by atoms with Crippen molar-refractivity contribution in [1.82, 2.24) is 4.98 Å². The summed E-state index contributed by atoms with van der Waals surface area (Å²) in [5.74, 6) is 0.841. The lowest BCUT2D eigenvalue weighted by atomic mass is 9.60. The van der Waals surface area contributed by atoms with E-state index in [4.69, 9.17) is 9.72 Å². The maximum Gasteiger partial charge on any atom is 0.311 e. The number of ether oxygens (including phenoxy) is 1. The van der Waals surface area contributed by atoms with Gasteiger partial charge in [0.2, 0.25) is 0 Å². The lowest BCUT2D eigenvalue weighted by Crippen LogP contribution is -2.37. The van der Waals surface area contributed by atoms with Gasteiger partial charge in [0, 0.05) is 17.5 Å². The first-order valence-electron chi connectivity index (χ1n) is 17.7. The summed E-state index contributed by atoms with van der Waals surface area (Å²) in [6.45, 7) is 12.8. The second-order valence-electron chi connectivity index (χ2n) is 15.1. The molecule has 250 valence electrons. The van der Waals surface area contributed by atoms with E-state index in [1.807, 2.05) is 6.20 Å². The van der Waals surface area contributed by atoms with Crippen LogP contribution in [0.5, 0.6) is 0 Å². The van der Waals surface area contributed by atoms with Gasteiger partial charge in [0.05, 0.1) is 30.1 Å². The number of rotatable bonds is 13. The van der Waals surface area contributed by atoms with Crippen molar-refractivity contribution in [2.24, 2.45) is 29.1 Å². The highest BCUT2D eigenvalue weighted by Crippen LogP contribution is 2.60. The summed E-state index contributed by atoms with van der Waals surface area (Å²) >= 11 is 1.81. The Morgan fingerprint density at radius 1 is 1.20 bits per heavy atom. The van der Waals surface area contributed by atoms with Gasteiger partial charge in [0.1, 0.15) is 11.1 Å². The van der Waals surface area contributed by atoms with Crippen LogP contribution in [-0.2, 0) is 21.4 Å². The van der Waals surface area contributed by atoms with Gasteiger partial charge in [-0.1, -0.05) is 51.5 Å². The Bertz CT molecular complexity index is 1260. The van der Waals surface area contributed by atoms with E-state index in [1.54, 1.807) is 18.3 Å². The molecular weight excluding hydrogens is 582 g/mol. The molecule has 6 nitrogen and oxygen atoms in total. The third kappa shape index (κ3) is 7.37. The van der Waals surface area contributed by atoms with E-state index in [9.17, 15) is 20.1 Å². The second-order valence-corrected chi connectivity index (χ2v) is 16.2. The van der Waals surface area contributed by atoms with Crippen LogP contribution in [0.4, 0.5) is 0 Å². The van der Waals surface area contributed by atoms with Crippen molar-refractivity contribution in [2.45, 2.75) is 141 Å². The summed E-state index contributed by atoms with van der Waals surface area (Å²) in [5, 5.41) is 31.3. The second kappa shape index (κ2) is 14.5. The number of aryl methyl sites for hydroxylation is 1. The molecule has 4 saturated carbocycles. The SMILES string of the molecule is C=C1C(=CC=C2CCC[C@]3(C)[C@@H]([C@H](C)CC[C@@H](OC(=O)C(C)CO)C4(c5ncc(CCCC)s5)CC4)CC[C@@H]23)C[C@@H](O)C[C@@H]1O. The number of aliphatic hydroxyl groups is 3. The minimum atomic E-state index is -0.657. The fraction of sp³-hybridized carbons (Fsp3) is 0.737. The predicted molar refractivity (Wildman–Crippen MR) is 181 cm³/mol. The number of carbonyl (C=O) groups excluding carboxylic acids is 1. The van der Waals surface area contributed by atoms with Crippen molar-refractivity contribution in [3.05, 3.63) is 51.5 Å². The van der Waals surface area contributed by atoms with Gasteiger partial charge >= 0.3 is 5.97 Å². The average Bonchev–Trinajstić information content (AvgIpc) is 3.53. The zero-order valence-electron chi connectivity index (χ0n) is 28.1. The van der Waals surface area contributed by atoms with Crippen LogP contribution in [-0.4, -0.2) is 51.2 Å². The molecule has 0 aliphatic heterocycles. The third-order valence-electron chi connectivity index (χ3n) is 12.0. The number of allylic oxidation sites excluding steroid dienone is 3. The molecule has 1 heterocycles. The van der Waals surface area contributed by atoms with Crippen LogP contribution in [0.1, 0.15) is 121 Å². The van der Waals surface area contributed by atoms with Gasteiger partial charge in [-0.25, -0.2) is 4.98 Å². The molecule has 0 spiro atoms. The molecule has 1 unspecified atom stereocenters. The van der Waals surface area contributed by atoms with Crippen LogP contribution >= 0.6 is 11.3 Å². The number of carbonyl (C=O) groups is 1. The lowest BCUT2D eigenvalue weighted by molar-refractivity contribution is -0.157. The minimum absolute atomic E-state index is 0.180. The molecular formula is C38H57NO5S. The molecule has 4 fully saturated rings. The van der Waals surface area contributed by atoms with Crippen LogP contribution in [0.15, 0.2) is 41.6 Å². The molecule has 0 radical (unpaired) electrons. The number of hydrogen-bond donors (Lipinski definition) is 3. The van der Waals surface area contributed by atoms with Crippen LogP contribution in [0.2, 0.25) is 0 Å². The van der Waals surface area contributed by atoms with Crippen molar-refractivity contribution in [2.75, 3.05) is 6.61 Å². The van der Waals surface area contributed by atoms with E-state index in [1.165, 1.54) is 36.1 Å². The summed E-state index contributed by atoms with van der Waals surface area (Å²) in [6.07, 6.45) is 19.2. The molecule has 4 aliphatic rings. The molecule has 0 bridgehead atoms. The molecule has 3 N–H and O–H groups in total. The molecule has 1 aromatic heterocycles.